The fourth-order valence-corrected chi connectivity index (χ4v) is 3.25. The molecule has 0 aromatic heterocycles. The largest absolute Gasteiger partial charge is 0.324 e. The van der Waals surface area contributed by atoms with Crippen molar-refractivity contribution in [1.29, 1.82) is 0 Å². The number of urea groups is 1. The normalized spacial score (nSPS) is 33.2. The number of hydrogen-bond donors (Lipinski definition) is 0. The predicted molar refractivity (Wildman–Crippen MR) is 62.9 cm³/mol. The Hall–Kier alpha value is -0.990. The highest BCUT2D eigenvalue weighted by atomic mass is 16.2. The fraction of sp³-hybridized carbons (Fsp3) is 0.769. The summed E-state index contributed by atoms with van der Waals surface area (Å²) >= 11 is 0. The summed E-state index contributed by atoms with van der Waals surface area (Å²) in [6.45, 7) is 4.19. The number of fused-ring (bicyclic) bond motifs is 2. The van der Waals surface area contributed by atoms with Gasteiger partial charge in [-0.25, -0.2) is 4.79 Å². The maximum absolute atomic E-state index is 12.3. The van der Waals surface area contributed by atoms with E-state index < -0.39 is 0 Å². The van der Waals surface area contributed by atoms with Crippen molar-refractivity contribution >= 4 is 6.03 Å². The van der Waals surface area contributed by atoms with Crippen molar-refractivity contribution in [3.05, 3.63) is 11.8 Å². The Morgan fingerprint density at radius 2 is 2.06 bits per heavy atom. The van der Waals surface area contributed by atoms with Gasteiger partial charge in [-0.15, -0.1) is 0 Å². The molecule has 3 rings (SSSR count). The molecule has 2 amide bonds. The van der Waals surface area contributed by atoms with Gasteiger partial charge in [-0.1, -0.05) is 6.92 Å². The van der Waals surface area contributed by atoms with Crippen LogP contribution < -0.4 is 0 Å². The van der Waals surface area contributed by atoms with Gasteiger partial charge in [0.2, 0.25) is 0 Å². The molecule has 3 aliphatic rings. The molecule has 0 spiro atoms. The second-order valence-electron chi connectivity index (χ2n) is 5.44. The number of nitrogens with zero attached hydrogens (tertiary/aromatic N) is 2. The molecule has 2 aliphatic heterocycles. The van der Waals surface area contributed by atoms with Crippen LogP contribution in [0.3, 0.4) is 0 Å². The zero-order valence-electron chi connectivity index (χ0n) is 9.98. The summed E-state index contributed by atoms with van der Waals surface area (Å²) in [5.41, 5.74) is 1.48. The molecule has 0 radical (unpaired) electrons. The summed E-state index contributed by atoms with van der Waals surface area (Å²) in [7, 11) is 0. The van der Waals surface area contributed by atoms with E-state index in [4.69, 9.17) is 0 Å². The molecule has 3 heteroatoms. The van der Waals surface area contributed by atoms with Gasteiger partial charge in [0.25, 0.3) is 0 Å². The lowest BCUT2D eigenvalue weighted by atomic mass is 10.0. The SMILES string of the molecule is CC1CC2CC1=CN2C(=O)N1CCCCC1. The van der Waals surface area contributed by atoms with E-state index in [-0.39, 0.29) is 6.03 Å². The van der Waals surface area contributed by atoms with E-state index in [1.54, 1.807) is 0 Å². The Kier molecular flexibility index (Phi) is 2.41. The predicted octanol–water partition coefficient (Wildman–Crippen LogP) is 2.59. The lowest BCUT2D eigenvalue weighted by Crippen LogP contribution is -2.46. The topological polar surface area (TPSA) is 23.6 Å². The van der Waals surface area contributed by atoms with Crippen molar-refractivity contribution in [2.24, 2.45) is 5.92 Å². The zero-order valence-corrected chi connectivity index (χ0v) is 9.98. The Bertz CT molecular complexity index is 331. The zero-order chi connectivity index (χ0) is 11.1. The number of hydrogen-bond acceptors (Lipinski definition) is 1. The van der Waals surface area contributed by atoms with Gasteiger partial charge in [-0.3, -0.25) is 4.90 Å². The summed E-state index contributed by atoms with van der Waals surface area (Å²) in [5.74, 6) is 0.704. The minimum atomic E-state index is 0.256. The van der Waals surface area contributed by atoms with Gasteiger partial charge in [-0.2, -0.15) is 0 Å². The van der Waals surface area contributed by atoms with Crippen LogP contribution in [0.15, 0.2) is 11.8 Å². The summed E-state index contributed by atoms with van der Waals surface area (Å²) < 4.78 is 0. The first kappa shape index (κ1) is 10.2. The molecule has 3 nitrogen and oxygen atoms in total. The van der Waals surface area contributed by atoms with Crippen molar-refractivity contribution in [2.45, 2.75) is 45.1 Å². The van der Waals surface area contributed by atoms with Crippen LogP contribution in [0.25, 0.3) is 0 Å². The molecule has 2 unspecified atom stereocenters. The Labute approximate surface area is 97.1 Å². The van der Waals surface area contributed by atoms with E-state index in [1.165, 1.54) is 31.3 Å². The number of carbonyl (C=O) groups is 1. The molecule has 1 saturated heterocycles. The molecule has 1 aliphatic carbocycles. The molecule has 2 bridgehead atoms. The molecule has 2 heterocycles. The van der Waals surface area contributed by atoms with E-state index in [0.29, 0.717) is 12.0 Å². The standard InChI is InChI=1S/C13H20N2O/c1-10-7-12-8-11(10)9-15(12)13(16)14-5-3-2-4-6-14/h9-10,12H,2-8H2,1H3. The van der Waals surface area contributed by atoms with Crippen molar-refractivity contribution in [1.82, 2.24) is 9.80 Å². The third-order valence-electron chi connectivity index (χ3n) is 4.28. The second-order valence-corrected chi connectivity index (χ2v) is 5.44. The van der Waals surface area contributed by atoms with Gasteiger partial charge in [0.05, 0.1) is 0 Å². The first-order valence-corrected chi connectivity index (χ1v) is 6.53. The number of likely N-dealkylation sites (tertiary alicyclic amines) is 1. The van der Waals surface area contributed by atoms with Crippen LogP contribution in [-0.4, -0.2) is 35.0 Å². The summed E-state index contributed by atoms with van der Waals surface area (Å²) in [6, 6.07) is 0.728. The molecular formula is C13H20N2O. The smallest absolute Gasteiger partial charge is 0.324 e. The molecule has 16 heavy (non-hydrogen) atoms. The number of carbonyl (C=O) groups excluding carboxylic acids is 1. The Balaban J connectivity index is 1.70. The fourth-order valence-electron chi connectivity index (χ4n) is 3.25. The Morgan fingerprint density at radius 1 is 1.31 bits per heavy atom. The third-order valence-corrected chi connectivity index (χ3v) is 4.28. The molecule has 1 saturated carbocycles. The van der Waals surface area contributed by atoms with Gasteiger partial charge < -0.3 is 4.90 Å². The maximum atomic E-state index is 12.3. The quantitative estimate of drug-likeness (QED) is 0.615. The van der Waals surface area contributed by atoms with Crippen molar-refractivity contribution in [3.8, 4) is 0 Å². The Morgan fingerprint density at radius 3 is 2.62 bits per heavy atom. The molecule has 2 atom stereocenters. The highest BCUT2D eigenvalue weighted by Crippen LogP contribution is 2.40. The third kappa shape index (κ3) is 1.53. The number of rotatable bonds is 0. The van der Waals surface area contributed by atoms with E-state index >= 15 is 0 Å². The number of piperidine rings is 1. The van der Waals surface area contributed by atoms with Crippen LogP contribution in [0.5, 0.6) is 0 Å². The highest BCUT2D eigenvalue weighted by Gasteiger charge is 2.39. The summed E-state index contributed by atoms with van der Waals surface area (Å²) in [6.07, 6.45) is 8.06. The van der Waals surface area contributed by atoms with Crippen LogP contribution in [0.4, 0.5) is 4.79 Å². The minimum Gasteiger partial charge on any atom is -0.324 e. The number of amides is 2. The maximum Gasteiger partial charge on any atom is 0.324 e. The highest BCUT2D eigenvalue weighted by molar-refractivity contribution is 5.77. The van der Waals surface area contributed by atoms with Gasteiger partial charge in [0, 0.05) is 25.3 Å². The van der Waals surface area contributed by atoms with Crippen LogP contribution in [-0.2, 0) is 0 Å². The minimum absolute atomic E-state index is 0.256. The van der Waals surface area contributed by atoms with Crippen molar-refractivity contribution in [2.75, 3.05) is 13.1 Å². The monoisotopic (exact) mass is 220 g/mol. The molecule has 0 N–H and O–H groups in total. The average molecular weight is 220 g/mol. The second kappa shape index (κ2) is 3.79. The van der Waals surface area contributed by atoms with Crippen LogP contribution in [0.1, 0.15) is 39.0 Å². The molecule has 0 aromatic rings. The van der Waals surface area contributed by atoms with Gasteiger partial charge in [-0.05, 0) is 43.6 Å². The van der Waals surface area contributed by atoms with E-state index in [2.05, 4.69) is 13.1 Å². The first-order valence-electron chi connectivity index (χ1n) is 6.53. The van der Waals surface area contributed by atoms with Crippen LogP contribution in [0.2, 0.25) is 0 Å². The van der Waals surface area contributed by atoms with Crippen LogP contribution in [0, 0.1) is 5.92 Å². The lowest BCUT2D eigenvalue weighted by Gasteiger charge is -2.34. The first-order chi connectivity index (χ1) is 7.75. The van der Waals surface area contributed by atoms with Gasteiger partial charge in [0.15, 0.2) is 0 Å². The van der Waals surface area contributed by atoms with E-state index in [9.17, 15) is 4.79 Å². The molecule has 88 valence electrons. The van der Waals surface area contributed by atoms with Gasteiger partial charge >= 0.3 is 6.03 Å². The van der Waals surface area contributed by atoms with E-state index in [0.717, 1.165) is 19.5 Å². The molecule has 0 aromatic carbocycles. The summed E-state index contributed by atoms with van der Waals surface area (Å²) in [5, 5.41) is 0. The van der Waals surface area contributed by atoms with E-state index in [1.807, 2.05) is 9.80 Å². The lowest BCUT2D eigenvalue weighted by molar-refractivity contribution is 0.147. The van der Waals surface area contributed by atoms with Crippen molar-refractivity contribution in [3.63, 3.8) is 0 Å². The van der Waals surface area contributed by atoms with Gasteiger partial charge in [0.1, 0.15) is 0 Å². The van der Waals surface area contributed by atoms with Crippen molar-refractivity contribution < 1.29 is 4.79 Å². The molecule has 2 fully saturated rings. The summed E-state index contributed by atoms with van der Waals surface area (Å²) in [4.78, 5) is 16.3. The van der Waals surface area contributed by atoms with Crippen LogP contribution >= 0.6 is 0 Å². The molecular weight excluding hydrogens is 200 g/mol. The average Bonchev–Trinajstić information content (AvgIpc) is 2.88.